The lowest BCUT2D eigenvalue weighted by molar-refractivity contribution is -0.137. The van der Waals surface area contributed by atoms with Crippen molar-refractivity contribution in [1.29, 1.82) is 0 Å². The van der Waals surface area contributed by atoms with Crippen LogP contribution < -0.4 is 10.1 Å². The molecule has 0 aliphatic carbocycles. The molecule has 2 aromatic carbocycles. The second-order valence-corrected chi connectivity index (χ2v) is 10.5. The van der Waals surface area contributed by atoms with Crippen molar-refractivity contribution in [2.75, 3.05) is 26.3 Å². The van der Waals surface area contributed by atoms with Gasteiger partial charge < -0.3 is 14.4 Å². The van der Waals surface area contributed by atoms with Gasteiger partial charge in [0.25, 0.3) is 5.91 Å². The van der Waals surface area contributed by atoms with Crippen LogP contribution in [0.1, 0.15) is 27.0 Å². The number of rotatable bonds is 6. The smallest absolute Gasteiger partial charge is 0.255 e. The van der Waals surface area contributed by atoms with E-state index in [1.165, 1.54) is 5.56 Å². The van der Waals surface area contributed by atoms with E-state index in [4.69, 9.17) is 9.47 Å². The summed E-state index contributed by atoms with van der Waals surface area (Å²) in [4.78, 5) is 42.3. The van der Waals surface area contributed by atoms with E-state index < -0.39 is 23.0 Å². The van der Waals surface area contributed by atoms with Crippen LogP contribution in [0.3, 0.4) is 0 Å². The molecule has 2 saturated heterocycles. The molecule has 0 saturated carbocycles. The molecule has 11 heteroatoms. The second-order valence-electron chi connectivity index (χ2n) is 10.5. The minimum atomic E-state index is -0.739. The predicted octanol–water partition coefficient (Wildman–Crippen LogP) is -1.12. The van der Waals surface area contributed by atoms with E-state index in [-0.39, 0.29) is 18.4 Å². The molecule has 0 bridgehead atoms. The molecule has 3 aliphatic rings. The predicted molar refractivity (Wildman–Crippen MR) is 142 cm³/mol. The third-order valence-electron chi connectivity index (χ3n) is 7.90. The highest BCUT2D eigenvalue weighted by atomic mass is 16.5. The lowest BCUT2D eigenvalue weighted by Gasteiger charge is -2.46. The summed E-state index contributed by atoms with van der Waals surface area (Å²) in [6.07, 6.45) is 0. The molecule has 0 spiro atoms. The number of amides is 3. The molecule has 0 radical (unpaired) electrons. The van der Waals surface area contributed by atoms with E-state index in [9.17, 15) is 14.4 Å². The summed E-state index contributed by atoms with van der Waals surface area (Å²) in [6.45, 7) is 5.03. The molecule has 5 rings (SSSR count). The molecule has 2 aromatic rings. The van der Waals surface area contributed by atoms with Crippen molar-refractivity contribution in [2.24, 2.45) is 0 Å². The molecule has 36 heavy (non-hydrogen) atoms. The molecule has 0 aromatic heterocycles. The fraction of sp³-hybridized carbons (Fsp3) is 0.400. The zero-order valence-corrected chi connectivity index (χ0v) is 21.1. The van der Waals surface area contributed by atoms with Gasteiger partial charge in [-0.2, -0.15) is 0 Å². The van der Waals surface area contributed by atoms with Crippen LogP contribution in [0.4, 0.5) is 0 Å². The van der Waals surface area contributed by atoms with Gasteiger partial charge in [0, 0.05) is 36.6 Å². The number of nitrogens with zero attached hydrogens (tertiary/aromatic N) is 2. The minimum absolute atomic E-state index is 0.210. The number of imide groups is 1. The number of carbonyl (C=O) groups is 3. The maximum absolute atomic E-state index is 13.3. The van der Waals surface area contributed by atoms with Gasteiger partial charge in [-0.3, -0.25) is 24.6 Å². The van der Waals surface area contributed by atoms with Gasteiger partial charge in [0.1, 0.15) is 41.9 Å². The van der Waals surface area contributed by atoms with Crippen LogP contribution in [0.2, 0.25) is 11.0 Å². The van der Waals surface area contributed by atoms with Crippen molar-refractivity contribution in [3.8, 4) is 5.75 Å². The van der Waals surface area contributed by atoms with Crippen molar-refractivity contribution in [3.05, 3.63) is 64.7 Å². The first-order chi connectivity index (χ1) is 17.3. The number of fused-ring (bicyclic) bond motifs is 1. The number of piperidine rings is 1. The number of morpholine rings is 1. The Morgan fingerprint density at radius 1 is 1.00 bits per heavy atom. The maximum Gasteiger partial charge on any atom is 0.255 e. The Hall–Kier alpha value is -3.04. The number of ether oxygens (including phenoxy) is 2. The SMILES string of the molecule is BC1C(=O)NC(=O)C(N2Cc3c(OCc4ccc(CN5CCOCC5)cc4)cccc3C2=O)C1(B)B. The van der Waals surface area contributed by atoms with Crippen molar-refractivity contribution in [2.45, 2.75) is 36.8 Å². The van der Waals surface area contributed by atoms with Crippen LogP contribution in [-0.2, 0) is 34.0 Å². The third-order valence-corrected chi connectivity index (χ3v) is 7.90. The van der Waals surface area contributed by atoms with Gasteiger partial charge in [-0.1, -0.05) is 35.5 Å². The normalized spacial score (nSPS) is 23.9. The summed E-state index contributed by atoms with van der Waals surface area (Å²) < 4.78 is 11.6. The van der Waals surface area contributed by atoms with Gasteiger partial charge in [-0.15, -0.1) is 0 Å². The zero-order chi connectivity index (χ0) is 25.4. The molecule has 1 N–H and O–H groups in total. The van der Waals surface area contributed by atoms with Crippen molar-refractivity contribution >= 4 is 41.3 Å². The quantitative estimate of drug-likeness (QED) is 0.413. The van der Waals surface area contributed by atoms with Crippen LogP contribution in [0.15, 0.2) is 42.5 Å². The summed E-state index contributed by atoms with van der Waals surface area (Å²) in [7, 11) is 5.54. The van der Waals surface area contributed by atoms with Crippen LogP contribution in [0.25, 0.3) is 0 Å². The lowest BCUT2D eigenvalue weighted by atomic mass is 9.39. The zero-order valence-electron chi connectivity index (χ0n) is 21.1. The Morgan fingerprint density at radius 2 is 1.69 bits per heavy atom. The maximum atomic E-state index is 13.3. The Labute approximate surface area is 213 Å². The fourth-order valence-electron chi connectivity index (χ4n) is 5.34. The standard InChI is InChI=1S/C25H30B3N3O5/c26-20-22(32)29-23(33)21(25(20,27)28)31-13-18-17(24(31)34)2-1-3-19(18)36-14-16-6-4-15(5-7-16)12-30-8-10-35-11-9-30/h1-7,20-21H,8-14,26-28H2,(H,29,32,33). The average molecular weight is 485 g/mol. The van der Waals surface area contributed by atoms with Gasteiger partial charge in [-0.25, -0.2) is 0 Å². The second kappa shape index (κ2) is 9.79. The van der Waals surface area contributed by atoms with Crippen molar-refractivity contribution in [1.82, 2.24) is 15.1 Å². The van der Waals surface area contributed by atoms with Crippen LogP contribution >= 0.6 is 0 Å². The van der Waals surface area contributed by atoms with Crippen molar-refractivity contribution < 1.29 is 23.9 Å². The number of benzene rings is 2. The highest BCUT2D eigenvalue weighted by Gasteiger charge is 2.52. The highest BCUT2D eigenvalue weighted by Crippen LogP contribution is 2.44. The minimum Gasteiger partial charge on any atom is -0.489 e. The molecule has 2 atom stereocenters. The van der Waals surface area contributed by atoms with Gasteiger partial charge in [-0.05, 0) is 23.3 Å². The molecule has 2 fully saturated rings. The topological polar surface area (TPSA) is 88.2 Å². The Bertz CT molecular complexity index is 1180. The van der Waals surface area contributed by atoms with Gasteiger partial charge in [0.05, 0.1) is 19.8 Å². The summed E-state index contributed by atoms with van der Waals surface area (Å²) in [5.41, 5.74) is 3.62. The average Bonchev–Trinajstić information content (AvgIpc) is 3.19. The van der Waals surface area contributed by atoms with Gasteiger partial charge in [0.2, 0.25) is 11.8 Å². The number of hydrogen-bond acceptors (Lipinski definition) is 6. The third kappa shape index (κ3) is 4.57. The van der Waals surface area contributed by atoms with Crippen LogP contribution in [0, 0.1) is 0 Å². The number of hydrogen-bond donors (Lipinski definition) is 1. The largest absolute Gasteiger partial charge is 0.489 e. The summed E-state index contributed by atoms with van der Waals surface area (Å²) in [5, 5.41) is 1.74. The molecule has 3 aliphatic heterocycles. The first kappa shape index (κ1) is 24.7. The van der Waals surface area contributed by atoms with Gasteiger partial charge >= 0.3 is 0 Å². The fourth-order valence-corrected chi connectivity index (χ4v) is 5.34. The van der Waals surface area contributed by atoms with E-state index in [2.05, 4.69) is 34.5 Å². The number of nitrogens with one attached hydrogen (secondary N) is 1. The molecule has 2 unspecified atom stereocenters. The van der Waals surface area contributed by atoms with E-state index in [1.54, 1.807) is 24.9 Å². The Morgan fingerprint density at radius 3 is 2.42 bits per heavy atom. The monoisotopic (exact) mass is 485 g/mol. The lowest BCUT2D eigenvalue weighted by Crippen LogP contribution is -2.62. The Balaban J connectivity index is 1.28. The van der Waals surface area contributed by atoms with E-state index >= 15 is 0 Å². The number of carbonyl (C=O) groups excluding carboxylic acids is 3. The molecule has 3 amide bonds. The van der Waals surface area contributed by atoms with E-state index in [0.717, 1.165) is 44.0 Å². The Kier molecular flexibility index (Phi) is 6.70. The van der Waals surface area contributed by atoms with E-state index in [1.807, 2.05) is 21.8 Å². The molecule has 184 valence electrons. The van der Waals surface area contributed by atoms with Crippen LogP contribution in [-0.4, -0.2) is 83.4 Å². The molecule has 3 heterocycles. The first-order valence-electron chi connectivity index (χ1n) is 12.5. The van der Waals surface area contributed by atoms with Crippen LogP contribution in [0.5, 0.6) is 5.75 Å². The molecule has 8 nitrogen and oxygen atoms in total. The summed E-state index contributed by atoms with van der Waals surface area (Å²) in [6, 6.07) is 13.1. The molecular formula is C25H30B3N3O5. The first-order valence-corrected chi connectivity index (χ1v) is 12.5. The summed E-state index contributed by atoms with van der Waals surface area (Å²) in [5.74, 6) is -0.704. The van der Waals surface area contributed by atoms with Gasteiger partial charge in [0.15, 0.2) is 0 Å². The highest BCUT2D eigenvalue weighted by molar-refractivity contribution is 6.50. The van der Waals surface area contributed by atoms with Crippen molar-refractivity contribution in [3.63, 3.8) is 0 Å². The van der Waals surface area contributed by atoms with E-state index in [0.29, 0.717) is 17.9 Å². The molecular weight excluding hydrogens is 455 g/mol. The summed E-state index contributed by atoms with van der Waals surface area (Å²) >= 11 is 0.